The van der Waals surface area contributed by atoms with Crippen molar-refractivity contribution in [3.8, 4) is 0 Å². The molecule has 2 aromatic rings. The minimum atomic E-state index is -3.37. The average Bonchev–Trinajstić information content (AvgIpc) is 2.98. The summed E-state index contributed by atoms with van der Waals surface area (Å²) in [6, 6.07) is 12.0. The third-order valence-corrected chi connectivity index (χ3v) is 6.31. The highest BCUT2D eigenvalue weighted by Crippen LogP contribution is 2.32. The van der Waals surface area contributed by atoms with Crippen LogP contribution < -0.4 is 10.2 Å². The standard InChI is InChI=1S/C19H19BrN2O4S/c1-12-7-8-14(27(2,25)26)10-16(12)21-19(24)13-9-18(23)22(11-13)17-6-4-3-5-15(17)20/h3-8,10,13H,9,11H2,1-2H3,(H,21,24). The van der Waals surface area contributed by atoms with E-state index in [-0.39, 0.29) is 29.7 Å². The third kappa shape index (κ3) is 4.22. The summed E-state index contributed by atoms with van der Waals surface area (Å²) < 4.78 is 24.3. The molecule has 1 aliphatic heterocycles. The topological polar surface area (TPSA) is 83.5 Å². The molecule has 3 rings (SSSR count). The van der Waals surface area contributed by atoms with Crippen LogP contribution in [-0.4, -0.2) is 33.0 Å². The largest absolute Gasteiger partial charge is 0.325 e. The fraction of sp³-hybridized carbons (Fsp3) is 0.263. The highest BCUT2D eigenvalue weighted by atomic mass is 79.9. The lowest BCUT2D eigenvalue weighted by Gasteiger charge is -2.18. The smallest absolute Gasteiger partial charge is 0.229 e. The summed E-state index contributed by atoms with van der Waals surface area (Å²) in [4.78, 5) is 26.8. The first kappa shape index (κ1) is 19.6. The highest BCUT2D eigenvalue weighted by molar-refractivity contribution is 9.10. The number of para-hydroxylation sites is 1. The van der Waals surface area contributed by atoms with Gasteiger partial charge in [-0.2, -0.15) is 0 Å². The number of carbonyl (C=O) groups is 2. The lowest BCUT2D eigenvalue weighted by atomic mass is 10.1. The molecule has 0 saturated carbocycles. The number of rotatable bonds is 4. The molecular formula is C19H19BrN2O4S. The lowest BCUT2D eigenvalue weighted by Crippen LogP contribution is -2.28. The maximum absolute atomic E-state index is 12.7. The molecule has 1 N–H and O–H groups in total. The van der Waals surface area contributed by atoms with E-state index in [0.29, 0.717) is 5.69 Å². The molecule has 6 nitrogen and oxygen atoms in total. The van der Waals surface area contributed by atoms with Gasteiger partial charge in [0.1, 0.15) is 0 Å². The summed E-state index contributed by atoms with van der Waals surface area (Å²) in [5, 5.41) is 2.78. The summed E-state index contributed by atoms with van der Waals surface area (Å²) >= 11 is 3.43. The number of benzene rings is 2. The average molecular weight is 451 g/mol. The second-order valence-corrected chi connectivity index (χ2v) is 9.47. The number of sulfone groups is 1. The Morgan fingerprint density at radius 3 is 2.59 bits per heavy atom. The SMILES string of the molecule is Cc1ccc(S(C)(=O)=O)cc1NC(=O)C1CC(=O)N(c2ccccc2Br)C1. The van der Waals surface area contributed by atoms with Crippen LogP contribution in [0.5, 0.6) is 0 Å². The number of carbonyl (C=O) groups excluding carboxylic acids is 2. The summed E-state index contributed by atoms with van der Waals surface area (Å²) in [5.41, 5.74) is 1.92. The van der Waals surface area contributed by atoms with Gasteiger partial charge >= 0.3 is 0 Å². The zero-order valence-corrected chi connectivity index (χ0v) is 17.3. The Morgan fingerprint density at radius 2 is 1.93 bits per heavy atom. The summed E-state index contributed by atoms with van der Waals surface area (Å²) in [6.07, 6.45) is 1.23. The Labute approximate surface area is 166 Å². The molecular weight excluding hydrogens is 432 g/mol. The number of nitrogens with zero attached hydrogens (tertiary/aromatic N) is 1. The Bertz CT molecular complexity index is 1020. The van der Waals surface area contributed by atoms with Crippen molar-refractivity contribution in [3.05, 3.63) is 52.5 Å². The van der Waals surface area contributed by atoms with Gasteiger partial charge in [0.05, 0.1) is 16.5 Å². The van der Waals surface area contributed by atoms with E-state index in [4.69, 9.17) is 0 Å². The Morgan fingerprint density at radius 1 is 1.22 bits per heavy atom. The number of hydrogen-bond acceptors (Lipinski definition) is 4. The molecule has 1 aliphatic rings. The first-order chi connectivity index (χ1) is 12.7. The summed E-state index contributed by atoms with van der Waals surface area (Å²) in [5.74, 6) is -0.929. The molecule has 142 valence electrons. The fourth-order valence-corrected chi connectivity index (χ4v) is 4.13. The van der Waals surface area contributed by atoms with Crippen molar-refractivity contribution in [1.82, 2.24) is 0 Å². The number of hydrogen-bond donors (Lipinski definition) is 1. The molecule has 2 amide bonds. The van der Waals surface area contributed by atoms with E-state index in [2.05, 4.69) is 21.2 Å². The Balaban J connectivity index is 1.78. The lowest BCUT2D eigenvalue weighted by molar-refractivity contribution is -0.122. The predicted octanol–water partition coefficient (Wildman–Crippen LogP) is 3.15. The molecule has 0 bridgehead atoms. The predicted molar refractivity (Wildman–Crippen MR) is 108 cm³/mol. The van der Waals surface area contributed by atoms with Crippen LogP contribution in [0.3, 0.4) is 0 Å². The van der Waals surface area contributed by atoms with Crippen molar-refractivity contribution in [1.29, 1.82) is 0 Å². The molecule has 0 spiro atoms. The molecule has 0 aromatic heterocycles. The second kappa shape index (κ2) is 7.44. The molecule has 8 heteroatoms. The van der Waals surface area contributed by atoms with E-state index < -0.39 is 15.8 Å². The van der Waals surface area contributed by atoms with Crippen LogP contribution in [0.1, 0.15) is 12.0 Å². The third-order valence-electron chi connectivity index (χ3n) is 4.53. The quantitative estimate of drug-likeness (QED) is 0.774. The molecule has 1 heterocycles. The number of anilines is 2. The zero-order chi connectivity index (χ0) is 19.8. The molecule has 1 saturated heterocycles. The minimum Gasteiger partial charge on any atom is -0.325 e. The first-order valence-corrected chi connectivity index (χ1v) is 11.0. The van der Waals surface area contributed by atoms with Gasteiger partial charge in [0, 0.05) is 29.4 Å². The van der Waals surface area contributed by atoms with Gasteiger partial charge in [-0.15, -0.1) is 0 Å². The maximum atomic E-state index is 12.7. The van der Waals surface area contributed by atoms with E-state index in [1.54, 1.807) is 17.9 Å². The molecule has 1 unspecified atom stereocenters. The number of nitrogens with one attached hydrogen (secondary N) is 1. The number of amides is 2. The van der Waals surface area contributed by atoms with Gasteiger partial charge in [0.25, 0.3) is 0 Å². The van der Waals surface area contributed by atoms with Crippen molar-refractivity contribution in [2.45, 2.75) is 18.2 Å². The van der Waals surface area contributed by atoms with E-state index in [1.807, 2.05) is 24.3 Å². The van der Waals surface area contributed by atoms with Gasteiger partial charge in [0.15, 0.2) is 9.84 Å². The van der Waals surface area contributed by atoms with Gasteiger partial charge in [-0.3, -0.25) is 9.59 Å². The summed E-state index contributed by atoms with van der Waals surface area (Å²) in [7, 11) is -3.37. The highest BCUT2D eigenvalue weighted by Gasteiger charge is 2.36. The van der Waals surface area contributed by atoms with Crippen LogP contribution in [0.15, 0.2) is 51.8 Å². The van der Waals surface area contributed by atoms with E-state index in [9.17, 15) is 18.0 Å². The van der Waals surface area contributed by atoms with E-state index in [0.717, 1.165) is 22.0 Å². The van der Waals surface area contributed by atoms with Crippen LogP contribution >= 0.6 is 15.9 Å². The monoisotopic (exact) mass is 450 g/mol. The van der Waals surface area contributed by atoms with Gasteiger partial charge in [-0.1, -0.05) is 18.2 Å². The van der Waals surface area contributed by atoms with Gasteiger partial charge in [0.2, 0.25) is 11.8 Å². The van der Waals surface area contributed by atoms with Gasteiger partial charge < -0.3 is 10.2 Å². The van der Waals surface area contributed by atoms with Gasteiger partial charge in [-0.25, -0.2) is 8.42 Å². The molecule has 0 aliphatic carbocycles. The van der Waals surface area contributed by atoms with Crippen LogP contribution in [-0.2, 0) is 19.4 Å². The van der Waals surface area contributed by atoms with Crippen molar-refractivity contribution in [2.24, 2.45) is 5.92 Å². The van der Waals surface area contributed by atoms with Crippen LogP contribution in [0, 0.1) is 12.8 Å². The zero-order valence-electron chi connectivity index (χ0n) is 14.9. The molecule has 0 radical (unpaired) electrons. The van der Waals surface area contributed by atoms with Crippen LogP contribution in [0.25, 0.3) is 0 Å². The Hall–Kier alpha value is -2.19. The van der Waals surface area contributed by atoms with Crippen LogP contribution in [0.2, 0.25) is 0 Å². The molecule has 1 fully saturated rings. The summed E-state index contributed by atoms with van der Waals surface area (Å²) in [6.45, 7) is 2.06. The second-order valence-electron chi connectivity index (χ2n) is 6.59. The first-order valence-electron chi connectivity index (χ1n) is 8.33. The normalized spacial score (nSPS) is 17.2. The Kier molecular flexibility index (Phi) is 5.39. The van der Waals surface area contributed by atoms with Crippen molar-refractivity contribution >= 4 is 49.0 Å². The molecule has 27 heavy (non-hydrogen) atoms. The molecule has 1 atom stereocenters. The van der Waals surface area contributed by atoms with Crippen molar-refractivity contribution in [2.75, 3.05) is 23.0 Å². The van der Waals surface area contributed by atoms with Crippen molar-refractivity contribution in [3.63, 3.8) is 0 Å². The fourth-order valence-electron chi connectivity index (χ4n) is 2.99. The maximum Gasteiger partial charge on any atom is 0.229 e. The van der Waals surface area contributed by atoms with E-state index in [1.165, 1.54) is 12.1 Å². The van der Waals surface area contributed by atoms with Gasteiger partial charge in [-0.05, 0) is 52.7 Å². The minimum absolute atomic E-state index is 0.109. The van der Waals surface area contributed by atoms with E-state index >= 15 is 0 Å². The molecule has 2 aromatic carbocycles. The van der Waals surface area contributed by atoms with Crippen LogP contribution in [0.4, 0.5) is 11.4 Å². The van der Waals surface area contributed by atoms with Crippen molar-refractivity contribution < 1.29 is 18.0 Å². The number of halogens is 1. The number of aryl methyl sites for hydroxylation is 1.